The molecule has 0 amide bonds. The maximum absolute atomic E-state index is 13.9. The fourth-order valence-electron chi connectivity index (χ4n) is 3.79. The molecule has 1 aromatic rings. The standard InChI is InChI=1S/C19H27FN2O2/c1-12-18(24)16-10-14(20)9-15(13(2)23)17(16)11-22(12)21-7-5-19(3,4)6-8-21/h9-10,12-13,23H,5-8,11H2,1-4H3. The van der Waals surface area contributed by atoms with Crippen LogP contribution in [0, 0.1) is 11.2 Å². The minimum Gasteiger partial charge on any atom is -0.389 e. The van der Waals surface area contributed by atoms with Gasteiger partial charge >= 0.3 is 0 Å². The third kappa shape index (κ3) is 3.13. The van der Waals surface area contributed by atoms with E-state index in [0.29, 0.717) is 23.1 Å². The van der Waals surface area contributed by atoms with Gasteiger partial charge in [-0.3, -0.25) is 4.79 Å². The fourth-order valence-corrected chi connectivity index (χ4v) is 3.79. The average Bonchev–Trinajstić information content (AvgIpc) is 2.51. The molecule has 1 aromatic carbocycles. The van der Waals surface area contributed by atoms with Gasteiger partial charge in [-0.25, -0.2) is 14.4 Å². The molecular formula is C19H27FN2O2. The van der Waals surface area contributed by atoms with E-state index < -0.39 is 11.9 Å². The van der Waals surface area contributed by atoms with Crippen molar-refractivity contribution >= 4 is 5.78 Å². The van der Waals surface area contributed by atoms with Crippen LogP contribution < -0.4 is 0 Å². The van der Waals surface area contributed by atoms with E-state index in [1.54, 1.807) is 6.92 Å². The van der Waals surface area contributed by atoms with Crippen molar-refractivity contribution in [2.75, 3.05) is 13.1 Å². The lowest BCUT2D eigenvalue weighted by molar-refractivity contribution is -0.0874. The summed E-state index contributed by atoms with van der Waals surface area (Å²) < 4.78 is 13.9. The highest BCUT2D eigenvalue weighted by atomic mass is 19.1. The van der Waals surface area contributed by atoms with Gasteiger partial charge in [-0.1, -0.05) is 13.8 Å². The zero-order valence-corrected chi connectivity index (χ0v) is 15.0. The summed E-state index contributed by atoms with van der Waals surface area (Å²) in [6.07, 6.45) is 1.38. The Morgan fingerprint density at radius 2 is 1.92 bits per heavy atom. The smallest absolute Gasteiger partial charge is 0.181 e. The monoisotopic (exact) mass is 334 g/mol. The van der Waals surface area contributed by atoms with Crippen LogP contribution in [-0.4, -0.2) is 40.0 Å². The molecule has 2 atom stereocenters. The molecule has 0 radical (unpaired) electrons. The van der Waals surface area contributed by atoms with E-state index >= 15 is 0 Å². The van der Waals surface area contributed by atoms with Gasteiger partial charge in [0.1, 0.15) is 5.82 Å². The summed E-state index contributed by atoms with van der Waals surface area (Å²) in [6.45, 7) is 10.4. The van der Waals surface area contributed by atoms with E-state index in [1.165, 1.54) is 12.1 Å². The molecule has 2 aliphatic rings. The van der Waals surface area contributed by atoms with Crippen molar-refractivity contribution in [3.63, 3.8) is 0 Å². The summed E-state index contributed by atoms with van der Waals surface area (Å²) in [5.41, 5.74) is 2.05. The zero-order chi connectivity index (χ0) is 17.6. The molecule has 5 heteroatoms. The third-order valence-electron chi connectivity index (χ3n) is 5.57. The molecule has 2 unspecified atom stereocenters. The zero-order valence-electron chi connectivity index (χ0n) is 15.0. The van der Waals surface area contributed by atoms with Crippen LogP contribution in [0.4, 0.5) is 4.39 Å². The first kappa shape index (κ1) is 17.5. The molecule has 0 aliphatic carbocycles. The van der Waals surface area contributed by atoms with Crippen molar-refractivity contribution < 1.29 is 14.3 Å². The topological polar surface area (TPSA) is 43.8 Å². The van der Waals surface area contributed by atoms with Crippen LogP contribution in [0.2, 0.25) is 0 Å². The van der Waals surface area contributed by atoms with Crippen LogP contribution in [0.25, 0.3) is 0 Å². The molecule has 1 fully saturated rings. The lowest BCUT2D eigenvalue weighted by Gasteiger charge is -2.46. The highest BCUT2D eigenvalue weighted by molar-refractivity contribution is 6.02. The number of aliphatic hydroxyl groups excluding tert-OH is 1. The highest BCUT2D eigenvalue weighted by Gasteiger charge is 2.38. The number of hydrogen-bond donors (Lipinski definition) is 1. The van der Waals surface area contributed by atoms with Gasteiger partial charge in [0.25, 0.3) is 0 Å². The number of hydrogen-bond acceptors (Lipinski definition) is 4. The van der Waals surface area contributed by atoms with Gasteiger partial charge in [0.2, 0.25) is 0 Å². The quantitative estimate of drug-likeness (QED) is 0.901. The summed E-state index contributed by atoms with van der Waals surface area (Å²) in [4.78, 5) is 12.8. The lowest BCUT2D eigenvalue weighted by atomic mass is 9.83. The van der Waals surface area contributed by atoms with E-state index in [1.807, 2.05) is 6.92 Å². The predicted molar refractivity (Wildman–Crippen MR) is 91.0 cm³/mol. The Morgan fingerprint density at radius 3 is 2.50 bits per heavy atom. The van der Waals surface area contributed by atoms with E-state index in [2.05, 4.69) is 23.9 Å². The first-order valence-corrected chi connectivity index (χ1v) is 8.76. The van der Waals surface area contributed by atoms with Crippen molar-refractivity contribution in [1.82, 2.24) is 10.0 Å². The fraction of sp³-hybridized carbons (Fsp3) is 0.632. The van der Waals surface area contributed by atoms with Crippen LogP contribution in [0.1, 0.15) is 68.1 Å². The number of nitrogens with zero attached hydrogens (tertiary/aromatic N) is 2. The molecule has 0 saturated carbocycles. The number of rotatable bonds is 2. The molecule has 2 aliphatic heterocycles. The van der Waals surface area contributed by atoms with Crippen molar-refractivity contribution in [1.29, 1.82) is 0 Å². The van der Waals surface area contributed by atoms with Gasteiger partial charge in [-0.15, -0.1) is 0 Å². The Morgan fingerprint density at radius 1 is 1.29 bits per heavy atom. The molecule has 0 aromatic heterocycles. The van der Waals surface area contributed by atoms with E-state index in [4.69, 9.17) is 0 Å². The van der Waals surface area contributed by atoms with E-state index in [9.17, 15) is 14.3 Å². The Bertz CT molecular complexity index is 647. The maximum atomic E-state index is 13.9. The number of Topliss-reactive ketones (excluding diaryl/α,β-unsaturated/α-hetero) is 1. The molecule has 4 nitrogen and oxygen atoms in total. The maximum Gasteiger partial charge on any atom is 0.181 e. The van der Waals surface area contributed by atoms with Crippen molar-refractivity contribution in [2.24, 2.45) is 5.41 Å². The van der Waals surface area contributed by atoms with Gasteiger partial charge in [-0.2, -0.15) is 0 Å². The highest BCUT2D eigenvalue weighted by Crippen LogP contribution is 2.35. The Balaban J connectivity index is 1.93. The third-order valence-corrected chi connectivity index (χ3v) is 5.57. The number of halogens is 1. The number of hydrazine groups is 1. The Hall–Kier alpha value is -1.30. The molecule has 0 spiro atoms. The number of carbonyl (C=O) groups excluding carboxylic acids is 1. The molecule has 3 rings (SSSR count). The van der Waals surface area contributed by atoms with Gasteiger partial charge in [0.05, 0.1) is 12.1 Å². The second kappa shape index (κ2) is 6.21. The minimum atomic E-state index is -0.794. The predicted octanol–water partition coefficient (Wildman–Crippen LogP) is 3.30. The number of ketones is 1. The molecule has 1 saturated heterocycles. The van der Waals surface area contributed by atoms with Gasteiger partial charge in [0.15, 0.2) is 5.78 Å². The number of carbonyl (C=O) groups is 1. The molecule has 2 heterocycles. The van der Waals surface area contributed by atoms with E-state index in [-0.39, 0.29) is 11.8 Å². The number of aliphatic hydroxyl groups is 1. The van der Waals surface area contributed by atoms with Crippen LogP contribution in [0.15, 0.2) is 12.1 Å². The van der Waals surface area contributed by atoms with Crippen LogP contribution in [0.5, 0.6) is 0 Å². The number of benzene rings is 1. The van der Waals surface area contributed by atoms with Gasteiger partial charge in [0, 0.05) is 25.2 Å². The molecule has 132 valence electrons. The van der Waals surface area contributed by atoms with Crippen LogP contribution in [0.3, 0.4) is 0 Å². The largest absolute Gasteiger partial charge is 0.389 e. The SMILES string of the molecule is CC(O)c1cc(F)cc2c1CN(N1CCC(C)(C)CC1)C(C)C2=O. The summed E-state index contributed by atoms with van der Waals surface area (Å²) >= 11 is 0. The first-order valence-electron chi connectivity index (χ1n) is 8.76. The van der Waals surface area contributed by atoms with Crippen LogP contribution >= 0.6 is 0 Å². The van der Waals surface area contributed by atoms with Crippen molar-refractivity contribution in [2.45, 2.75) is 59.2 Å². The molecular weight excluding hydrogens is 307 g/mol. The number of fused-ring (bicyclic) bond motifs is 1. The average molecular weight is 334 g/mol. The van der Waals surface area contributed by atoms with Crippen molar-refractivity contribution in [3.8, 4) is 0 Å². The number of piperidine rings is 1. The van der Waals surface area contributed by atoms with Gasteiger partial charge < -0.3 is 5.11 Å². The second-order valence-electron chi connectivity index (χ2n) is 7.95. The first-order chi connectivity index (χ1) is 11.2. The lowest BCUT2D eigenvalue weighted by Crippen LogP contribution is -2.56. The Labute approximate surface area is 143 Å². The summed E-state index contributed by atoms with van der Waals surface area (Å²) in [6, 6.07) is 2.36. The second-order valence-corrected chi connectivity index (χ2v) is 7.95. The minimum absolute atomic E-state index is 0.0671. The van der Waals surface area contributed by atoms with E-state index in [0.717, 1.165) is 31.5 Å². The molecule has 1 N–H and O–H groups in total. The summed E-state index contributed by atoms with van der Waals surface area (Å²) in [7, 11) is 0. The summed E-state index contributed by atoms with van der Waals surface area (Å²) in [5, 5.41) is 14.4. The van der Waals surface area contributed by atoms with Crippen LogP contribution in [-0.2, 0) is 6.54 Å². The normalized spacial score (nSPS) is 26.2. The summed E-state index contributed by atoms with van der Waals surface area (Å²) in [5.74, 6) is -0.527. The van der Waals surface area contributed by atoms with Crippen molar-refractivity contribution in [3.05, 3.63) is 34.6 Å². The molecule has 24 heavy (non-hydrogen) atoms. The van der Waals surface area contributed by atoms with Gasteiger partial charge in [-0.05, 0) is 55.4 Å². The Kier molecular flexibility index (Phi) is 4.53. The molecule has 0 bridgehead atoms.